The van der Waals surface area contributed by atoms with Gasteiger partial charge in [-0.15, -0.1) is 0 Å². The summed E-state index contributed by atoms with van der Waals surface area (Å²) < 4.78 is 6.18. The summed E-state index contributed by atoms with van der Waals surface area (Å²) >= 11 is 1.76. The number of nitrogens with one attached hydrogen (secondary N) is 1. The Morgan fingerprint density at radius 1 is 1.29 bits per heavy atom. The molecule has 0 aromatic carbocycles. The summed E-state index contributed by atoms with van der Waals surface area (Å²) in [4.78, 5) is 0. The Balaban J connectivity index is 1.67. The molecule has 1 aliphatic carbocycles. The molecule has 2 fully saturated rings. The molecule has 1 N–H and O–H groups in total. The molecule has 3 heteroatoms. The van der Waals surface area contributed by atoms with E-state index in [1.807, 2.05) is 0 Å². The van der Waals surface area contributed by atoms with Gasteiger partial charge in [-0.3, -0.25) is 0 Å². The minimum Gasteiger partial charge on any atom is -0.372 e. The third kappa shape index (κ3) is 2.56. The number of rotatable bonds is 1. The molecule has 2 aliphatic rings. The molecule has 1 aliphatic heterocycles. The van der Waals surface area contributed by atoms with Crippen LogP contribution in [-0.4, -0.2) is 19.7 Å². The van der Waals surface area contributed by atoms with Crippen LogP contribution in [0.3, 0.4) is 0 Å². The second kappa shape index (κ2) is 5.09. The van der Waals surface area contributed by atoms with Gasteiger partial charge in [-0.2, -0.15) is 11.3 Å². The molecule has 1 aromatic heterocycles. The van der Waals surface area contributed by atoms with Crippen molar-refractivity contribution < 1.29 is 4.74 Å². The Bertz CT molecular complexity index is 343. The van der Waals surface area contributed by atoms with E-state index in [0.717, 1.165) is 19.7 Å². The fraction of sp³-hybridized carbons (Fsp3) is 0.714. The molecule has 0 amide bonds. The van der Waals surface area contributed by atoms with Gasteiger partial charge in [0.15, 0.2) is 0 Å². The van der Waals surface area contributed by atoms with Crippen LogP contribution in [0.2, 0.25) is 0 Å². The summed E-state index contributed by atoms with van der Waals surface area (Å²) in [7, 11) is 0. The zero-order valence-electron chi connectivity index (χ0n) is 10.3. The number of ether oxygens (including phenoxy) is 1. The van der Waals surface area contributed by atoms with Gasteiger partial charge in [0.25, 0.3) is 0 Å². The molecule has 2 heterocycles. The van der Waals surface area contributed by atoms with Crippen LogP contribution in [0.1, 0.15) is 43.8 Å². The lowest BCUT2D eigenvalue weighted by Crippen LogP contribution is -2.37. The molecule has 1 spiro atoms. The highest BCUT2D eigenvalue weighted by atomic mass is 32.1. The molecule has 1 atom stereocenters. The van der Waals surface area contributed by atoms with Crippen molar-refractivity contribution >= 4 is 11.3 Å². The van der Waals surface area contributed by atoms with E-state index >= 15 is 0 Å². The number of thiophene rings is 1. The first-order chi connectivity index (χ1) is 8.38. The minimum atomic E-state index is 0.266. The lowest BCUT2D eigenvalue weighted by molar-refractivity contribution is -0.00124. The maximum absolute atomic E-state index is 6.18. The normalized spacial score (nSPS) is 29.1. The smallest absolute Gasteiger partial charge is 0.0957 e. The summed E-state index contributed by atoms with van der Waals surface area (Å²) in [5, 5.41) is 7.98. The Labute approximate surface area is 107 Å². The van der Waals surface area contributed by atoms with E-state index in [0.29, 0.717) is 5.41 Å². The van der Waals surface area contributed by atoms with Crippen molar-refractivity contribution in [1.82, 2.24) is 5.32 Å². The average molecular weight is 251 g/mol. The molecule has 1 unspecified atom stereocenters. The van der Waals surface area contributed by atoms with Gasteiger partial charge in [0, 0.05) is 18.5 Å². The molecule has 0 radical (unpaired) electrons. The average Bonchev–Trinajstić information content (AvgIpc) is 2.82. The number of hydrogen-bond acceptors (Lipinski definition) is 3. The van der Waals surface area contributed by atoms with E-state index in [1.165, 1.54) is 37.7 Å². The molecular formula is C14H21NOS. The van der Waals surface area contributed by atoms with Crippen molar-refractivity contribution in [3.8, 4) is 0 Å². The van der Waals surface area contributed by atoms with Gasteiger partial charge in [-0.25, -0.2) is 0 Å². The predicted octanol–water partition coefficient (Wildman–Crippen LogP) is 3.36. The molecule has 1 saturated carbocycles. The molecule has 3 rings (SSSR count). The van der Waals surface area contributed by atoms with Crippen molar-refractivity contribution in [3.63, 3.8) is 0 Å². The molecule has 0 bridgehead atoms. The fourth-order valence-corrected chi connectivity index (χ4v) is 3.85. The molecular weight excluding hydrogens is 230 g/mol. The summed E-state index contributed by atoms with van der Waals surface area (Å²) in [5.74, 6) is 0. The van der Waals surface area contributed by atoms with Crippen LogP contribution in [0.15, 0.2) is 16.8 Å². The first kappa shape index (κ1) is 11.7. The highest BCUT2D eigenvalue weighted by Gasteiger charge is 2.35. The van der Waals surface area contributed by atoms with Gasteiger partial charge in [0.05, 0.1) is 12.7 Å². The highest BCUT2D eigenvalue weighted by molar-refractivity contribution is 7.07. The largest absolute Gasteiger partial charge is 0.372 e. The van der Waals surface area contributed by atoms with E-state index in [1.54, 1.807) is 11.3 Å². The zero-order valence-corrected chi connectivity index (χ0v) is 11.1. The fourth-order valence-electron chi connectivity index (χ4n) is 3.15. The van der Waals surface area contributed by atoms with Gasteiger partial charge in [-0.1, -0.05) is 19.3 Å². The van der Waals surface area contributed by atoms with Crippen LogP contribution >= 0.6 is 11.3 Å². The molecule has 2 nitrogen and oxygen atoms in total. The molecule has 94 valence electrons. The van der Waals surface area contributed by atoms with Crippen LogP contribution in [-0.2, 0) is 4.74 Å². The van der Waals surface area contributed by atoms with Crippen molar-refractivity contribution in [3.05, 3.63) is 22.4 Å². The maximum atomic E-state index is 6.18. The van der Waals surface area contributed by atoms with Gasteiger partial charge >= 0.3 is 0 Å². The topological polar surface area (TPSA) is 21.3 Å². The quantitative estimate of drug-likeness (QED) is 0.826. The number of hydrogen-bond donors (Lipinski definition) is 1. The monoisotopic (exact) mass is 251 g/mol. The molecule has 1 aromatic rings. The minimum absolute atomic E-state index is 0.266. The van der Waals surface area contributed by atoms with Crippen molar-refractivity contribution in [2.75, 3.05) is 19.7 Å². The second-order valence-corrected chi connectivity index (χ2v) is 6.33. The summed E-state index contributed by atoms with van der Waals surface area (Å²) in [6.45, 7) is 3.06. The van der Waals surface area contributed by atoms with Gasteiger partial charge in [0.2, 0.25) is 0 Å². The van der Waals surface area contributed by atoms with Crippen molar-refractivity contribution in [1.29, 1.82) is 0 Å². The zero-order chi connectivity index (χ0) is 11.6. The maximum Gasteiger partial charge on any atom is 0.0957 e. The Hall–Kier alpha value is -0.380. The predicted molar refractivity (Wildman–Crippen MR) is 71.4 cm³/mol. The SMILES string of the molecule is c1cc(C2CNCC3(CCCCC3)CO2)cs1. The van der Waals surface area contributed by atoms with E-state index < -0.39 is 0 Å². The third-order valence-electron chi connectivity index (χ3n) is 4.25. The summed E-state index contributed by atoms with van der Waals surface area (Å²) in [6, 6.07) is 2.19. The van der Waals surface area contributed by atoms with E-state index in [-0.39, 0.29) is 6.10 Å². The third-order valence-corrected chi connectivity index (χ3v) is 4.95. The van der Waals surface area contributed by atoms with E-state index in [9.17, 15) is 0 Å². The lowest BCUT2D eigenvalue weighted by Gasteiger charge is -2.35. The highest BCUT2D eigenvalue weighted by Crippen LogP contribution is 2.38. The first-order valence-corrected chi connectivity index (χ1v) is 7.67. The Morgan fingerprint density at radius 2 is 2.18 bits per heavy atom. The van der Waals surface area contributed by atoms with Gasteiger partial charge in [-0.05, 0) is 35.2 Å². The van der Waals surface area contributed by atoms with Crippen LogP contribution in [0.25, 0.3) is 0 Å². The van der Waals surface area contributed by atoms with Crippen molar-refractivity contribution in [2.24, 2.45) is 5.41 Å². The van der Waals surface area contributed by atoms with E-state index in [4.69, 9.17) is 4.74 Å². The van der Waals surface area contributed by atoms with Gasteiger partial charge < -0.3 is 10.1 Å². The van der Waals surface area contributed by atoms with Gasteiger partial charge in [0.1, 0.15) is 0 Å². The van der Waals surface area contributed by atoms with Crippen molar-refractivity contribution in [2.45, 2.75) is 38.2 Å². The second-order valence-electron chi connectivity index (χ2n) is 5.55. The van der Waals surface area contributed by atoms with Crippen LogP contribution in [0.4, 0.5) is 0 Å². The Kier molecular flexibility index (Phi) is 3.50. The van der Waals surface area contributed by atoms with Crippen LogP contribution in [0.5, 0.6) is 0 Å². The Morgan fingerprint density at radius 3 is 2.94 bits per heavy atom. The standard InChI is InChI=1S/C14H21NOS/c1-2-5-14(6-3-1)10-15-8-13(16-11-14)12-4-7-17-9-12/h4,7,9,13,15H,1-3,5-6,8,10-11H2. The van der Waals surface area contributed by atoms with Crippen LogP contribution < -0.4 is 5.32 Å². The molecule has 1 saturated heterocycles. The lowest BCUT2D eigenvalue weighted by atomic mass is 9.75. The first-order valence-electron chi connectivity index (χ1n) is 6.72. The summed E-state index contributed by atoms with van der Waals surface area (Å²) in [5.41, 5.74) is 1.78. The summed E-state index contributed by atoms with van der Waals surface area (Å²) in [6.07, 6.45) is 7.13. The van der Waals surface area contributed by atoms with Crippen LogP contribution in [0, 0.1) is 5.41 Å². The molecule has 17 heavy (non-hydrogen) atoms. The van der Waals surface area contributed by atoms with E-state index in [2.05, 4.69) is 22.1 Å².